The van der Waals surface area contributed by atoms with Crippen molar-refractivity contribution in [1.29, 1.82) is 0 Å². The van der Waals surface area contributed by atoms with E-state index in [-0.39, 0.29) is 18.4 Å². The van der Waals surface area contributed by atoms with Crippen LogP contribution in [0, 0.1) is 0 Å². The number of rotatable bonds is 7. The second kappa shape index (κ2) is 8.31. The molecule has 1 unspecified atom stereocenters. The van der Waals surface area contributed by atoms with Crippen LogP contribution in [0.5, 0.6) is 0 Å². The van der Waals surface area contributed by atoms with E-state index in [1.807, 2.05) is 11.9 Å². The number of likely N-dealkylation sites (N-methyl/N-ethyl adjacent to an activating group) is 1. The van der Waals surface area contributed by atoms with Gasteiger partial charge in [-0.15, -0.1) is 0 Å². The number of nitrogens with one attached hydrogen (secondary N) is 1. The minimum atomic E-state index is -0.364. The number of likely N-dealkylation sites (tertiary alicyclic amines) is 1. The summed E-state index contributed by atoms with van der Waals surface area (Å²) >= 11 is 6.06. The molecule has 1 atom stereocenters. The molecule has 1 N–H and O–H groups in total. The lowest BCUT2D eigenvalue weighted by Crippen LogP contribution is -2.33. The molecule has 1 aliphatic rings. The number of aromatic nitrogens is 2. The molecule has 1 aromatic rings. The Labute approximate surface area is 140 Å². The third kappa shape index (κ3) is 4.68. The fraction of sp³-hybridized carbons (Fsp3) is 0.667. The van der Waals surface area contributed by atoms with E-state index in [1.54, 1.807) is 11.5 Å². The number of ether oxygens (including phenoxy) is 1. The summed E-state index contributed by atoms with van der Waals surface area (Å²) < 4.78 is 6.52. The average Bonchev–Trinajstić information content (AvgIpc) is 3.14. The molecule has 0 aromatic carbocycles. The van der Waals surface area contributed by atoms with Crippen LogP contribution in [-0.4, -0.2) is 59.1 Å². The van der Waals surface area contributed by atoms with E-state index in [9.17, 15) is 9.59 Å². The van der Waals surface area contributed by atoms with Crippen LogP contribution in [0.3, 0.4) is 0 Å². The quantitative estimate of drug-likeness (QED) is 0.743. The predicted octanol–water partition coefficient (Wildman–Crippen LogP) is 0.853. The number of carbonyl (C=O) groups excluding carboxylic acids is 2. The number of esters is 1. The molecule has 8 heteroatoms. The summed E-state index contributed by atoms with van der Waals surface area (Å²) in [6, 6.07) is 0.374. The van der Waals surface area contributed by atoms with E-state index >= 15 is 0 Å². The number of carbonyl (C=O) groups is 2. The molecule has 23 heavy (non-hydrogen) atoms. The minimum absolute atomic E-state index is 0.0156. The molecule has 0 aliphatic carbocycles. The zero-order chi connectivity index (χ0) is 16.8. The van der Waals surface area contributed by atoms with Gasteiger partial charge in [-0.1, -0.05) is 11.6 Å². The van der Waals surface area contributed by atoms with Gasteiger partial charge in [0.1, 0.15) is 17.5 Å². The third-order valence-electron chi connectivity index (χ3n) is 3.99. The highest BCUT2D eigenvalue weighted by Gasteiger charge is 2.25. The summed E-state index contributed by atoms with van der Waals surface area (Å²) in [5.41, 5.74) is 0. The predicted molar refractivity (Wildman–Crippen MR) is 86.2 cm³/mol. The molecule has 128 valence electrons. The fourth-order valence-corrected chi connectivity index (χ4v) is 2.90. The van der Waals surface area contributed by atoms with Crippen molar-refractivity contribution < 1.29 is 14.3 Å². The minimum Gasteiger partial charge on any atom is -0.465 e. The Morgan fingerprint density at radius 3 is 2.96 bits per heavy atom. The Kier molecular flexibility index (Phi) is 6.41. The lowest BCUT2D eigenvalue weighted by Gasteiger charge is -2.16. The first-order chi connectivity index (χ1) is 11.0. The van der Waals surface area contributed by atoms with Crippen LogP contribution in [-0.2, 0) is 27.3 Å². The number of hydrogen-bond donors (Lipinski definition) is 1. The van der Waals surface area contributed by atoms with Gasteiger partial charge in [0.15, 0.2) is 0 Å². The molecule has 7 nitrogen and oxygen atoms in total. The molecule has 0 radical (unpaired) electrons. The van der Waals surface area contributed by atoms with Crippen LogP contribution in [0.15, 0.2) is 6.20 Å². The number of nitrogens with zero attached hydrogens (tertiary/aromatic N) is 3. The monoisotopic (exact) mass is 342 g/mol. The highest BCUT2D eigenvalue weighted by atomic mass is 35.5. The first kappa shape index (κ1) is 17.7. The van der Waals surface area contributed by atoms with Crippen molar-refractivity contribution >= 4 is 23.5 Å². The molecule has 0 spiro atoms. The summed E-state index contributed by atoms with van der Waals surface area (Å²) in [6.45, 7) is 3.61. The molecule has 1 amide bonds. The summed E-state index contributed by atoms with van der Waals surface area (Å²) in [7, 11) is 1.91. The number of halogens is 1. The normalized spacial score (nSPS) is 17.5. The Morgan fingerprint density at radius 1 is 1.52 bits per heavy atom. The van der Waals surface area contributed by atoms with Crippen molar-refractivity contribution in [2.45, 2.75) is 38.8 Å². The number of aryl methyl sites for hydroxylation is 1. The molecule has 1 aliphatic heterocycles. The van der Waals surface area contributed by atoms with Crippen LogP contribution in [0.4, 0.5) is 0 Å². The van der Waals surface area contributed by atoms with Crippen LogP contribution >= 0.6 is 11.6 Å². The molecule has 0 bridgehead atoms. The standard InChI is InChI=1S/C15H23ClN4O3/c1-3-23-15(22)10-20-12(16)8-18-13(20)4-5-14(21)19-7-6-11(9-19)17-2/h8,11,17H,3-7,9-10H2,1-2H3. The summed E-state index contributed by atoms with van der Waals surface area (Å²) in [6.07, 6.45) is 3.28. The lowest BCUT2D eigenvalue weighted by atomic mass is 10.2. The molecule has 2 heterocycles. The Morgan fingerprint density at radius 2 is 2.30 bits per heavy atom. The topological polar surface area (TPSA) is 76.5 Å². The first-order valence-corrected chi connectivity index (χ1v) is 8.23. The van der Waals surface area contributed by atoms with E-state index in [0.717, 1.165) is 19.5 Å². The SMILES string of the molecule is CCOC(=O)Cn1c(Cl)cnc1CCC(=O)N1CCC(NC)C1. The van der Waals surface area contributed by atoms with Crippen molar-refractivity contribution in [3.05, 3.63) is 17.2 Å². The van der Waals surface area contributed by atoms with Gasteiger partial charge in [-0.3, -0.25) is 9.59 Å². The van der Waals surface area contributed by atoms with Crippen LogP contribution in [0.2, 0.25) is 5.15 Å². The van der Waals surface area contributed by atoms with Crippen LogP contribution in [0.1, 0.15) is 25.6 Å². The Bertz CT molecular complexity index is 561. The largest absolute Gasteiger partial charge is 0.465 e. The highest BCUT2D eigenvalue weighted by Crippen LogP contribution is 2.15. The van der Waals surface area contributed by atoms with Gasteiger partial charge >= 0.3 is 5.97 Å². The smallest absolute Gasteiger partial charge is 0.326 e. The first-order valence-electron chi connectivity index (χ1n) is 7.85. The molecular weight excluding hydrogens is 320 g/mol. The van der Waals surface area contributed by atoms with E-state index < -0.39 is 0 Å². The van der Waals surface area contributed by atoms with Crippen molar-refractivity contribution in [2.24, 2.45) is 0 Å². The van der Waals surface area contributed by atoms with E-state index in [4.69, 9.17) is 16.3 Å². The maximum absolute atomic E-state index is 12.3. The van der Waals surface area contributed by atoms with Crippen molar-refractivity contribution in [1.82, 2.24) is 19.8 Å². The van der Waals surface area contributed by atoms with Gasteiger partial charge in [-0.25, -0.2) is 4.98 Å². The van der Waals surface area contributed by atoms with Gasteiger partial charge in [0.05, 0.1) is 12.8 Å². The van der Waals surface area contributed by atoms with Crippen molar-refractivity contribution in [3.63, 3.8) is 0 Å². The maximum atomic E-state index is 12.3. The van der Waals surface area contributed by atoms with Crippen LogP contribution in [0.25, 0.3) is 0 Å². The lowest BCUT2D eigenvalue weighted by molar-refractivity contribution is -0.143. The highest BCUT2D eigenvalue weighted by molar-refractivity contribution is 6.29. The molecule has 1 saturated heterocycles. The third-order valence-corrected chi connectivity index (χ3v) is 4.30. The maximum Gasteiger partial charge on any atom is 0.326 e. The summed E-state index contributed by atoms with van der Waals surface area (Å²) in [5.74, 6) is 0.363. The van der Waals surface area contributed by atoms with Gasteiger partial charge in [0, 0.05) is 32.0 Å². The van der Waals surface area contributed by atoms with Crippen molar-refractivity contribution in [2.75, 3.05) is 26.7 Å². The molecular formula is C15H23ClN4O3. The van der Waals surface area contributed by atoms with Gasteiger partial charge < -0.3 is 19.5 Å². The second-order valence-electron chi connectivity index (χ2n) is 5.50. The zero-order valence-electron chi connectivity index (χ0n) is 13.5. The second-order valence-corrected chi connectivity index (χ2v) is 5.89. The van der Waals surface area contributed by atoms with Crippen LogP contribution < -0.4 is 5.32 Å². The van der Waals surface area contributed by atoms with Gasteiger partial charge in [0.2, 0.25) is 5.91 Å². The Balaban J connectivity index is 1.90. The van der Waals surface area contributed by atoms with Gasteiger partial charge in [0.25, 0.3) is 0 Å². The van der Waals surface area contributed by atoms with E-state index in [2.05, 4.69) is 10.3 Å². The van der Waals surface area contributed by atoms with Gasteiger partial charge in [-0.2, -0.15) is 0 Å². The molecule has 2 rings (SSSR count). The average molecular weight is 343 g/mol. The number of hydrogen-bond acceptors (Lipinski definition) is 5. The number of imidazole rings is 1. The molecule has 1 aromatic heterocycles. The fourth-order valence-electron chi connectivity index (χ4n) is 2.69. The van der Waals surface area contributed by atoms with Gasteiger partial charge in [-0.05, 0) is 20.4 Å². The number of amides is 1. The Hall–Kier alpha value is -1.60. The van der Waals surface area contributed by atoms with E-state index in [0.29, 0.717) is 36.5 Å². The molecule has 0 saturated carbocycles. The summed E-state index contributed by atoms with van der Waals surface area (Å²) in [4.78, 5) is 29.9. The molecule has 1 fully saturated rings. The summed E-state index contributed by atoms with van der Waals surface area (Å²) in [5, 5.41) is 3.56. The van der Waals surface area contributed by atoms with Crippen molar-refractivity contribution in [3.8, 4) is 0 Å². The zero-order valence-corrected chi connectivity index (χ0v) is 14.3. The van der Waals surface area contributed by atoms with E-state index in [1.165, 1.54) is 6.20 Å².